The van der Waals surface area contributed by atoms with Crippen molar-refractivity contribution >= 4 is 16.1 Å². The van der Waals surface area contributed by atoms with E-state index in [0.29, 0.717) is 45.7 Å². The molecule has 0 aromatic heterocycles. The van der Waals surface area contributed by atoms with E-state index in [1.54, 1.807) is 12.0 Å². The Morgan fingerprint density at radius 3 is 2.14 bits per heavy atom. The van der Waals surface area contributed by atoms with E-state index in [4.69, 9.17) is 9.47 Å². The highest BCUT2D eigenvalue weighted by molar-refractivity contribution is 7.86. The van der Waals surface area contributed by atoms with Gasteiger partial charge in [-0.3, -0.25) is 4.79 Å². The molecule has 0 aliphatic carbocycles. The van der Waals surface area contributed by atoms with Gasteiger partial charge in [0.05, 0.1) is 25.7 Å². The van der Waals surface area contributed by atoms with E-state index in [2.05, 4.69) is 0 Å². The second-order valence-electron chi connectivity index (χ2n) is 7.39. The Balaban J connectivity index is 1.55. The zero-order valence-corrected chi connectivity index (χ0v) is 17.5. The lowest BCUT2D eigenvalue weighted by atomic mass is 10.1. The largest absolute Gasteiger partial charge is 0.497 e. The first-order valence-electron chi connectivity index (χ1n) is 9.61. The Labute approximate surface area is 167 Å². The van der Waals surface area contributed by atoms with Crippen LogP contribution in [0.5, 0.6) is 5.75 Å². The Kier molecular flexibility index (Phi) is 6.59. The van der Waals surface area contributed by atoms with Crippen LogP contribution in [-0.4, -0.2) is 86.4 Å². The second kappa shape index (κ2) is 8.77. The fourth-order valence-electron chi connectivity index (χ4n) is 3.68. The maximum Gasteiger partial charge on any atom is 0.282 e. The molecule has 1 amide bonds. The Morgan fingerprint density at radius 2 is 1.61 bits per heavy atom. The topological polar surface area (TPSA) is 79.4 Å². The molecule has 156 valence electrons. The van der Waals surface area contributed by atoms with Gasteiger partial charge < -0.3 is 14.4 Å². The van der Waals surface area contributed by atoms with E-state index >= 15 is 0 Å². The van der Waals surface area contributed by atoms with E-state index in [9.17, 15) is 13.2 Å². The molecule has 0 radical (unpaired) electrons. The minimum Gasteiger partial charge on any atom is -0.497 e. The van der Waals surface area contributed by atoms with Gasteiger partial charge in [-0.15, -0.1) is 0 Å². The first-order chi connectivity index (χ1) is 13.3. The fourth-order valence-corrected chi connectivity index (χ4v) is 5.43. The highest BCUT2D eigenvalue weighted by atomic mass is 32.2. The Bertz CT molecular complexity index is 765. The number of carbonyl (C=O) groups is 1. The summed E-state index contributed by atoms with van der Waals surface area (Å²) >= 11 is 0. The highest BCUT2D eigenvalue weighted by Crippen LogP contribution is 2.19. The quantitative estimate of drug-likeness (QED) is 0.714. The van der Waals surface area contributed by atoms with Crippen molar-refractivity contribution in [2.75, 3.05) is 46.4 Å². The van der Waals surface area contributed by atoms with Crippen molar-refractivity contribution < 1.29 is 22.7 Å². The molecule has 0 saturated carbocycles. The summed E-state index contributed by atoms with van der Waals surface area (Å²) < 4.78 is 39.6. The van der Waals surface area contributed by atoms with Crippen molar-refractivity contribution in [1.29, 1.82) is 0 Å². The number of hydrogen-bond acceptors (Lipinski definition) is 5. The zero-order chi connectivity index (χ0) is 20.3. The molecule has 2 atom stereocenters. The molecule has 2 aliphatic heterocycles. The van der Waals surface area contributed by atoms with Crippen molar-refractivity contribution in [2.24, 2.45) is 0 Å². The van der Waals surface area contributed by atoms with Gasteiger partial charge in [0.15, 0.2) is 0 Å². The zero-order valence-electron chi connectivity index (χ0n) is 16.7. The van der Waals surface area contributed by atoms with E-state index < -0.39 is 10.2 Å². The molecule has 2 saturated heterocycles. The molecule has 8 nitrogen and oxygen atoms in total. The molecular weight excluding hydrogens is 382 g/mol. The third kappa shape index (κ3) is 4.83. The van der Waals surface area contributed by atoms with Crippen LogP contribution in [0.15, 0.2) is 24.3 Å². The van der Waals surface area contributed by atoms with Crippen LogP contribution < -0.4 is 4.74 Å². The Morgan fingerprint density at radius 1 is 1.04 bits per heavy atom. The average Bonchev–Trinajstić information content (AvgIpc) is 2.68. The van der Waals surface area contributed by atoms with Crippen molar-refractivity contribution in [3.63, 3.8) is 0 Å². The third-order valence-corrected chi connectivity index (χ3v) is 7.11. The minimum absolute atomic E-state index is 0.0100. The third-order valence-electron chi connectivity index (χ3n) is 5.14. The number of methoxy groups -OCH3 is 1. The van der Waals surface area contributed by atoms with Gasteiger partial charge in [-0.05, 0) is 31.5 Å². The molecule has 28 heavy (non-hydrogen) atoms. The summed E-state index contributed by atoms with van der Waals surface area (Å²) in [5.74, 6) is 0.762. The standard InChI is InChI=1S/C19H29N3O5S/c1-15-13-22(14-16(2)27-15)28(24,25)21-10-8-20(9-11-21)19(23)12-17-4-6-18(26-3)7-5-17/h4-7,15-16H,8-14H2,1-3H3/t15-,16+. The van der Waals surface area contributed by atoms with Gasteiger partial charge in [0.25, 0.3) is 10.2 Å². The average molecular weight is 412 g/mol. The second-order valence-corrected chi connectivity index (χ2v) is 9.32. The van der Waals surface area contributed by atoms with Gasteiger partial charge in [0.2, 0.25) is 5.91 Å². The summed E-state index contributed by atoms with van der Waals surface area (Å²) in [7, 11) is -1.93. The van der Waals surface area contributed by atoms with Gasteiger partial charge in [-0.2, -0.15) is 17.0 Å². The van der Waals surface area contributed by atoms with Crippen LogP contribution in [0.25, 0.3) is 0 Å². The summed E-state index contributed by atoms with van der Waals surface area (Å²) in [5.41, 5.74) is 0.914. The number of morpholine rings is 1. The van der Waals surface area contributed by atoms with Crippen molar-refractivity contribution in [3.8, 4) is 5.75 Å². The monoisotopic (exact) mass is 411 g/mol. The summed E-state index contributed by atoms with van der Waals surface area (Å²) in [6.45, 7) is 5.94. The molecule has 2 heterocycles. The normalized spacial score (nSPS) is 24.9. The van der Waals surface area contributed by atoms with E-state index in [1.165, 1.54) is 8.61 Å². The molecule has 0 bridgehead atoms. The number of piperazine rings is 1. The number of hydrogen-bond donors (Lipinski definition) is 0. The lowest BCUT2D eigenvalue weighted by Crippen LogP contribution is -2.57. The van der Waals surface area contributed by atoms with Crippen molar-refractivity contribution in [2.45, 2.75) is 32.5 Å². The lowest BCUT2D eigenvalue weighted by Gasteiger charge is -2.40. The van der Waals surface area contributed by atoms with Crippen LogP contribution in [0.3, 0.4) is 0 Å². The molecule has 0 N–H and O–H groups in total. The molecule has 9 heteroatoms. The van der Waals surface area contributed by atoms with Crippen LogP contribution in [-0.2, 0) is 26.2 Å². The number of amides is 1. The maximum atomic E-state index is 12.9. The van der Waals surface area contributed by atoms with Crippen LogP contribution in [0.1, 0.15) is 19.4 Å². The summed E-state index contributed by atoms with van der Waals surface area (Å²) in [4.78, 5) is 14.3. The molecular formula is C19H29N3O5S. The molecule has 1 aromatic rings. The van der Waals surface area contributed by atoms with Crippen LogP contribution in [0, 0.1) is 0 Å². The minimum atomic E-state index is -3.53. The van der Waals surface area contributed by atoms with Gasteiger partial charge in [0, 0.05) is 39.3 Å². The predicted molar refractivity (Wildman–Crippen MR) is 105 cm³/mol. The van der Waals surface area contributed by atoms with Gasteiger partial charge in [-0.25, -0.2) is 0 Å². The van der Waals surface area contributed by atoms with E-state index in [0.717, 1.165) is 11.3 Å². The molecule has 1 aromatic carbocycles. The number of benzene rings is 1. The fraction of sp³-hybridized carbons (Fsp3) is 0.632. The molecule has 2 fully saturated rings. The number of nitrogens with zero attached hydrogens (tertiary/aromatic N) is 3. The number of carbonyl (C=O) groups excluding carboxylic acids is 1. The molecule has 2 aliphatic rings. The van der Waals surface area contributed by atoms with E-state index in [-0.39, 0.29) is 18.1 Å². The van der Waals surface area contributed by atoms with Crippen molar-refractivity contribution in [3.05, 3.63) is 29.8 Å². The van der Waals surface area contributed by atoms with Gasteiger partial charge in [0.1, 0.15) is 5.75 Å². The smallest absolute Gasteiger partial charge is 0.282 e. The number of ether oxygens (including phenoxy) is 2. The summed E-state index contributed by atoms with van der Waals surface area (Å²) in [6.07, 6.45) is 0.0617. The van der Waals surface area contributed by atoms with Crippen molar-refractivity contribution in [1.82, 2.24) is 13.5 Å². The van der Waals surface area contributed by atoms with Crippen LogP contribution >= 0.6 is 0 Å². The number of rotatable bonds is 5. The maximum absolute atomic E-state index is 12.9. The van der Waals surface area contributed by atoms with E-state index in [1.807, 2.05) is 38.1 Å². The molecule has 0 unspecified atom stereocenters. The summed E-state index contributed by atoms with van der Waals surface area (Å²) in [5, 5.41) is 0. The first-order valence-corrected chi connectivity index (χ1v) is 11.0. The van der Waals surface area contributed by atoms with Crippen LogP contribution in [0.4, 0.5) is 0 Å². The lowest BCUT2D eigenvalue weighted by molar-refractivity contribution is -0.131. The SMILES string of the molecule is COc1ccc(CC(=O)N2CCN(S(=O)(=O)N3C[C@@H](C)O[C@@H](C)C3)CC2)cc1. The first kappa shape index (κ1) is 21.0. The van der Waals surface area contributed by atoms with Crippen LogP contribution in [0.2, 0.25) is 0 Å². The van der Waals surface area contributed by atoms with Gasteiger partial charge >= 0.3 is 0 Å². The predicted octanol–water partition coefficient (Wildman–Crippen LogP) is 0.736. The Hall–Kier alpha value is -1.68. The van der Waals surface area contributed by atoms with Gasteiger partial charge in [-0.1, -0.05) is 12.1 Å². The highest BCUT2D eigenvalue weighted by Gasteiger charge is 2.37. The molecule has 0 spiro atoms. The summed E-state index contributed by atoms with van der Waals surface area (Å²) in [6, 6.07) is 7.41. The molecule has 3 rings (SSSR count).